The highest BCUT2D eigenvalue weighted by molar-refractivity contribution is 7.11. The molecule has 0 aromatic carbocycles. The first-order valence-electron chi connectivity index (χ1n) is 9.74. The van der Waals surface area contributed by atoms with Crippen molar-refractivity contribution in [2.75, 3.05) is 26.7 Å². The summed E-state index contributed by atoms with van der Waals surface area (Å²) in [7, 11) is 1.79. The quantitative estimate of drug-likeness (QED) is 0.589. The molecule has 0 spiro atoms. The Labute approximate surface area is 167 Å². The van der Waals surface area contributed by atoms with Gasteiger partial charge in [0.1, 0.15) is 5.60 Å². The smallest absolute Gasteiger partial charge is 0.410 e. The molecule has 27 heavy (non-hydrogen) atoms. The summed E-state index contributed by atoms with van der Waals surface area (Å²) in [6.45, 7) is 11.0. The number of aryl methyl sites for hydroxylation is 1. The number of nitrogens with zero attached hydrogens (tertiary/aromatic N) is 2. The van der Waals surface area contributed by atoms with Crippen molar-refractivity contribution >= 4 is 23.4 Å². The Morgan fingerprint density at radius 2 is 2.15 bits per heavy atom. The number of guanidine groups is 1. The largest absolute Gasteiger partial charge is 0.444 e. The molecule has 0 aliphatic carbocycles. The van der Waals surface area contributed by atoms with Crippen LogP contribution >= 0.6 is 11.3 Å². The van der Waals surface area contributed by atoms with Crippen LogP contribution in [0.5, 0.6) is 0 Å². The van der Waals surface area contributed by atoms with Crippen LogP contribution < -0.4 is 10.6 Å². The summed E-state index contributed by atoms with van der Waals surface area (Å²) in [5.41, 5.74) is -0.440. The molecule has 1 aromatic heterocycles. The molecule has 6 nitrogen and oxygen atoms in total. The second-order valence-electron chi connectivity index (χ2n) is 8.09. The minimum absolute atomic E-state index is 0.191. The number of aliphatic imine (C=N–C) groups is 1. The normalized spacial score (nSPS) is 18.3. The number of likely N-dealkylation sites (tertiary alicyclic amines) is 1. The van der Waals surface area contributed by atoms with E-state index in [1.807, 2.05) is 25.7 Å². The van der Waals surface area contributed by atoms with Crippen LogP contribution in [0.15, 0.2) is 17.1 Å². The van der Waals surface area contributed by atoms with Crippen LogP contribution in [0.3, 0.4) is 0 Å². The molecule has 2 N–H and O–H groups in total. The summed E-state index contributed by atoms with van der Waals surface area (Å²) in [6.07, 6.45) is 3.01. The van der Waals surface area contributed by atoms with E-state index in [1.54, 1.807) is 18.4 Å². The maximum atomic E-state index is 12.3. The van der Waals surface area contributed by atoms with Crippen molar-refractivity contribution in [3.8, 4) is 0 Å². The van der Waals surface area contributed by atoms with Gasteiger partial charge in [0.2, 0.25) is 0 Å². The van der Waals surface area contributed by atoms with Gasteiger partial charge in [-0.2, -0.15) is 0 Å². The fourth-order valence-electron chi connectivity index (χ4n) is 3.16. The first-order chi connectivity index (χ1) is 12.8. The highest BCUT2D eigenvalue weighted by Crippen LogP contribution is 2.21. The van der Waals surface area contributed by atoms with Crippen molar-refractivity contribution in [2.24, 2.45) is 10.9 Å². The third-order valence-corrected chi connectivity index (χ3v) is 5.47. The number of ether oxygens (including phenoxy) is 1. The van der Waals surface area contributed by atoms with Gasteiger partial charge in [0, 0.05) is 36.4 Å². The Hall–Kier alpha value is -1.76. The standard InChI is InChI=1S/C20H34N4O2S/c1-15-8-9-17(27-15)13-23-18(21-5)22-11-10-16-7-6-12-24(14-16)19(25)26-20(2,3)4/h8-9,16H,6-7,10-14H2,1-5H3,(H2,21,22,23). The number of nitrogens with one attached hydrogen (secondary N) is 2. The molecule has 2 heterocycles. The summed E-state index contributed by atoms with van der Waals surface area (Å²) in [4.78, 5) is 21.0. The second kappa shape index (κ2) is 9.97. The van der Waals surface area contributed by atoms with Gasteiger partial charge in [-0.1, -0.05) is 0 Å². The van der Waals surface area contributed by atoms with Crippen molar-refractivity contribution < 1.29 is 9.53 Å². The molecular formula is C20H34N4O2S. The van der Waals surface area contributed by atoms with E-state index in [4.69, 9.17) is 4.74 Å². The van der Waals surface area contributed by atoms with E-state index < -0.39 is 5.60 Å². The van der Waals surface area contributed by atoms with E-state index in [9.17, 15) is 4.79 Å². The van der Waals surface area contributed by atoms with Crippen LogP contribution in [0.1, 0.15) is 49.8 Å². The Kier molecular flexibility index (Phi) is 7.95. The number of amides is 1. The fraction of sp³-hybridized carbons (Fsp3) is 0.700. The number of carbonyl (C=O) groups excluding carboxylic acids is 1. The third kappa shape index (κ3) is 7.79. The number of carbonyl (C=O) groups is 1. The molecule has 7 heteroatoms. The third-order valence-electron chi connectivity index (χ3n) is 4.47. The van der Waals surface area contributed by atoms with Gasteiger partial charge in [0.25, 0.3) is 0 Å². The Morgan fingerprint density at radius 1 is 1.37 bits per heavy atom. The predicted octanol–water partition coefficient (Wildman–Crippen LogP) is 3.76. The van der Waals surface area contributed by atoms with Gasteiger partial charge in [-0.25, -0.2) is 4.79 Å². The average molecular weight is 395 g/mol. The monoisotopic (exact) mass is 394 g/mol. The molecule has 1 atom stereocenters. The Bertz CT molecular complexity index is 636. The summed E-state index contributed by atoms with van der Waals surface area (Å²) < 4.78 is 5.50. The molecule has 0 saturated carbocycles. The summed E-state index contributed by atoms with van der Waals surface area (Å²) >= 11 is 1.80. The van der Waals surface area contributed by atoms with E-state index in [1.165, 1.54) is 9.75 Å². The molecule has 1 aliphatic heterocycles. The van der Waals surface area contributed by atoms with Crippen molar-refractivity contribution in [3.63, 3.8) is 0 Å². The zero-order chi connectivity index (χ0) is 19.9. The molecule has 1 aliphatic rings. The zero-order valence-electron chi connectivity index (χ0n) is 17.3. The summed E-state index contributed by atoms with van der Waals surface area (Å²) in [6, 6.07) is 4.28. The molecule has 152 valence electrons. The lowest BCUT2D eigenvalue weighted by Crippen LogP contribution is -2.44. The number of hydrogen-bond acceptors (Lipinski definition) is 4. The van der Waals surface area contributed by atoms with Gasteiger partial charge >= 0.3 is 6.09 Å². The molecule has 1 unspecified atom stereocenters. The molecule has 0 bridgehead atoms. The maximum absolute atomic E-state index is 12.3. The van der Waals surface area contributed by atoms with Crippen LogP contribution in [0.2, 0.25) is 0 Å². The van der Waals surface area contributed by atoms with Crippen molar-refractivity contribution in [1.82, 2.24) is 15.5 Å². The summed E-state index contributed by atoms with van der Waals surface area (Å²) in [5, 5.41) is 6.74. The number of hydrogen-bond donors (Lipinski definition) is 2. The van der Waals surface area contributed by atoms with E-state index >= 15 is 0 Å². The van der Waals surface area contributed by atoms with Crippen molar-refractivity contribution in [1.29, 1.82) is 0 Å². The molecule has 1 aromatic rings. The first kappa shape index (κ1) is 21.5. The Morgan fingerprint density at radius 3 is 2.78 bits per heavy atom. The van der Waals surface area contributed by atoms with E-state index in [0.29, 0.717) is 5.92 Å². The maximum Gasteiger partial charge on any atom is 0.410 e. The molecule has 1 fully saturated rings. The van der Waals surface area contributed by atoms with Gasteiger partial charge in [-0.05, 0) is 65.0 Å². The highest BCUT2D eigenvalue weighted by atomic mass is 32.1. The fourth-order valence-corrected chi connectivity index (χ4v) is 3.99. The van der Waals surface area contributed by atoms with Gasteiger partial charge in [0.15, 0.2) is 5.96 Å². The Balaban J connectivity index is 1.71. The van der Waals surface area contributed by atoms with E-state index in [2.05, 4.69) is 34.7 Å². The average Bonchev–Trinajstić information content (AvgIpc) is 3.02. The first-order valence-corrected chi connectivity index (χ1v) is 10.6. The highest BCUT2D eigenvalue weighted by Gasteiger charge is 2.27. The summed E-state index contributed by atoms with van der Waals surface area (Å²) in [5.74, 6) is 1.32. The van der Waals surface area contributed by atoms with Gasteiger partial charge in [-0.3, -0.25) is 4.99 Å². The van der Waals surface area contributed by atoms with Gasteiger partial charge < -0.3 is 20.3 Å². The predicted molar refractivity (Wildman–Crippen MR) is 112 cm³/mol. The van der Waals surface area contributed by atoms with Gasteiger partial charge in [-0.15, -0.1) is 11.3 Å². The van der Waals surface area contributed by atoms with Crippen LogP contribution in [-0.2, 0) is 11.3 Å². The number of thiophene rings is 1. The second-order valence-corrected chi connectivity index (χ2v) is 9.46. The topological polar surface area (TPSA) is 66.0 Å². The van der Waals surface area contributed by atoms with E-state index in [0.717, 1.165) is 51.4 Å². The van der Waals surface area contributed by atoms with Crippen LogP contribution in [0.25, 0.3) is 0 Å². The molecule has 1 saturated heterocycles. The number of rotatable bonds is 5. The molecule has 0 radical (unpaired) electrons. The minimum atomic E-state index is -0.440. The van der Waals surface area contributed by atoms with Crippen LogP contribution in [0, 0.1) is 12.8 Å². The minimum Gasteiger partial charge on any atom is -0.444 e. The number of piperidine rings is 1. The van der Waals surface area contributed by atoms with Crippen molar-refractivity contribution in [3.05, 3.63) is 21.9 Å². The van der Waals surface area contributed by atoms with Crippen LogP contribution in [0.4, 0.5) is 4.79 Å². The van der Waals surface area contributed by atoms with Crippen molar-refractivity contribution in [2.45, 2.75) is 59.1 Å². The van der Waals surface area contributed by atoms with Gasteiger partial charge in [0.05, 0.1) is 6.54 Å². The zero-order valence-corrected chi connectivity index (χ0v) is 18.1. The lowest BCUT2D eigenvalue weighted by Gasteiger charge is -2.34. The van der Waals surface area contributed by atoms with Crippen LogP contribution in [-0.4, -0.2) is 49.2 Å². The molecule has 2 rings (SSSR count). The molecule has 1 amide bonds. The lowest BCUT2D eigenvalue weighted by molar-refractivity contribution is 0.0162. The SMILES string of the molecule is CN=C(NCCC1CCCN(C(=O)OC(C)(C)C)C1)NCc1ccc(C)s1. The molecular weight excluding hydrogens is 360 g/mol. The van der Waals surface area contributed by atoms with E-state index in [-0.39, 0.29) is 6.09 Å². The lowest BCUT2D eigenvalue weighted by atomic mass is 9.95.